The zero-order valence-corrected chi connectivity index (χ0v) is 14.1. The van der Waals surface area contributed by atoms with Crippen molar-refractivity contribution in [3.63, 3.8) is 0 Å². The summed E-state index contributed by atoms with van der Waals surface area (Å²) in [4.78, 5) is 16.3. The van der Waals surface area contributed by atoms with Crippen molar-refractivity contribution in [1.29, 1.82) is 0 Å². The third-order valence-electron chi connectivity index (χ3n) is 5.10. The molecule has 0 aromatic rings. The van der Waals surface area contributed by atoms with Crippen LogP contribution in [0.3, 0.4) is 0 Å². The molecule has 0 amide bonds. The predicted molar refractivity (Wildman–Crippen MR) is 85.3 cm³/mol. The lowest BCUT2D eigenvalue weighted by atomic mass is 9.73. The number of ether oxygens (including phenoxy) is 1. The van der Waals surface area contributed by atoms with E-state index in [4.69, 9.17) is 4.74 Å². The van der Waals surface area contributed by atoms with Gasteiger partial charge in [0.15, 0.2) is 0 Å². The van der Waals surface area contributed by atoms with Crippen LogP contribution in [0.4, 0.5) is 0 Å². The highest BCUT2D eigenvalue weighted by Gasteiger charge is 2.28. The molecule has 2 fully saturated rings. The van der Waals surface area contributed by atoms with Gasteiger partial charge in [-0.1, -0.05) is 13.8 Å². The minimum atomic E-state index is -0.0829. The Morgan fingerprint density at radius 3 is 2.24 bits per heavy atom. The Hall–Kier alpha value is -0.610. The molecule has 0 unspecified atom stereocenters. The normalized spacial score (nSPS) is 24.9. The van der Waals surface area contributed by atoms with Crippen LogP contribution in [0.5, 0.6) is 0 Å². The van der Waals surface area contributed by atoms with Crippen LogP contribution in [0, 0.1) is 11.3 Å². The summed E-state index contributed by atoms with van der Waals surface area (Å²) in [6.07, 6.45) is 5.52. The van der Waals surface area contributed by atoms with Gasteiger partial charge in [0.05, 0.1) is 13.2 Å². The molecule has 0 N–H and O–H groups in total. The second kappa shape index (κ2) is 7.59. The molecule has 0 bridgehead atoms. The lowest BCUT2D eigenvalue weighted by Gasteiger charge is -2.39. The molecule has 2 aliphatic rings. The summed E-state index contributed by atoms with van der Waals surface area (Å²) in [5.74, 6) is 0.801. The number of carbonyl (C=O) groups excluding carboxylic acids is 1. The van der Waals surface area contributed by atoms with Crippen LogP contribution < -0.4 is 0 Å². The van der Waals surface area contributed by atoms with Gasteiger partial charge < -0.3 is 9.64 Å². The van der Waals surface area contributed by atoms with Gasteiger partial charge in [0.2, 0.25) is 0 Å². The van der Waals surface area contributed by atoms with E-state index in [1.807, 2.05) is 6.92 Å². The molecule has 1 heterocycles. The van der Waals surface area contributed by atoms with Crippen LogP contribution in [0.25, 0.3) is 0 Å². The Morgan fingerprint density at radius 2 is 1.67 bits per heavy atom. The van der Waals surface area contributed by atoms with E-state index in [0.29, 0.717) is 18.6 Å². The molecular formula is C17H32N2O2. The van der Waals surface area contributed by atoms with Crippen molar-refractivity contribution >= 4 is 5.97 Å². The lowest BCUT2D eigenvalue weighted by molar-refractivity contribution is -0.144. The third kappa shape index (κ3) is 5.59. The SMILES string of the molecule is CCOC(=O)CN1CCN(CC2CCC(C)(C)CC2)CC1. The van der Waals surface area contributed by atoms with Gasteiger partial charge in [0, 0.05) is 32.7 Å². The van der Waals surface area contributed by atoms with Crippen molar-refractivity contribution in [2.75, 3.05) is 45.9 Å². The van der Waals surface area contributed by atoms with Crippen LogP contribution in [-0.4, -0.2) is 61.6 Å². The van der Waals surface area contributed by atoms with Gasteiger partial charge in [0.25, 0.3) is 0 Å². The van der Waals surface area contributed by atoms with Crippen molar-refractivity contribution in [3.05, 3.63) is 0 Å². The average Bonchev–Trinajstić information content (AvgIpc) is 2.43. The van der Waals surface area contributed by atoms with Gasteiger partial charge in [-0.15, -0.1) is 0 Å². The first kappa shape index (κ1) is 16.8. The maximum Gasteiger partial charge on any atom is 0.320 e. The van der Waals surface area contributed by atoms with E-state index in [0.717, 1.165) is 32.1 Å². The Balaban J connectivity index is 1.64. The third-order valence-corrected chi connectivity index (χ3v) is 5.10. The van der Waals surface area contributed by atoms with Crippen molar-refractivity contribution in [2.45, 2.75) is 46.5 Å². The number of rotatable bonds is 5. The largest absolute Gasteiger partial charge is 0.465 e. The number of esters is 1. The molecule has 1 aliphatic heterocycles. The molecule has 1 saturated carbocycles. The van der Waals surface area contributed by atoms with Crippen molar-refractivity contribution in [2.24, 2.45) is 11.3 Å². The highest BCUT2D eigenvalue weighted by atomic mass is 16.5. The number of hydrogen-bond acceptors (Lipinski definition) is 4. The van der Waals surface area contributed by atoms with Gasteiger partial charge in [0.1, 0.15) is 0 Å². The van der Waals surface area contributed by atoms with E-state index in [2.05, 4.69) is 23.6 Å². The zero-order valence-electron chi connectivity index (χ0n) is 14.1. The van der Waals surface area contributed by atoms with Crippen LogP contribution in [-0.2, 0) is 9.53 Å². The standard InChI is InChI=1S/C17H32N2O2/c1-4-21-16(20)14-19-11-9-18(10-12-19)13-15-5-7-17(2,3)8-6-15/h15H,4-14H2,1-3H3. The molecule has 122 valence electrons. The highest BCUT2D eigenvalue weighted by molar-refractivity contribution is 5.71. The lowest BCUT2D eigenvalue weighted by Crippen LogP contribution is -2.49. The summed E-state index contributed by atoms with van der Waals surface area (Å²) < 4.78 is 5.02. The molecule has 1 aliphatic carbocycles. The van der Waals surface area contributed by atoms with Crippen molar-refractivity contribution < 1.29 is 9.53 Å². The average molecular weight is 296 g/mol. The van der Waals surface area contributed by atoms with E-state index in [9.17, 15) is 4.79 Å². The monoisotopic (exact) mass is 296 g/mol. The topological polar surface area (TPSA) is 32.8 Å². The molecule has 0 aromatic heterocycles. The first-order valence-corrected chi connectivity index (χ1v) is 8.59. The fourth-order valence-electron chi connectivity index (χ4n) is 3.53. The molecule has 4 heteroatoms. The van der Waals surface area contributed by atoms with Gasteiger partial charge in [-0.05, 0) is 43.9 Å². The smallest absolute Gasteiger partial charge is 0.320 e. The van der Waals surface area contributed by atoms with Gasteiger partial charge in [-0.3, -0.25) is 9.69 Å². The number of carbonyl (C=O) groups is 1. The molecule has 2 rings (SSSR count). The fourth-order valence-corrected chi connectivity index (χ4v) is 3.53. The summed E-state index contributed by atoms with van der Waals surface area (Å²) >= 11 is 0. The van der Waals surface area contributed by atoms with Crippen LogP contribution >= 0.6 is 0 Å². The first-order valence-electron chi connectivity index (χ1n) is 8.59. The predicted octanol–water partition coefficient (Wildman–Crippen LogP) is 2.38. The maximum atomic E-state index is 11.5. The van der Waals surface area contributed by atoms with Crippen LogP contribution in [0.2, 0.25) is 0 Å². The summed E-state index contributed by atoms with van der Waals surface area (Å²) in [5.41, 5.74) is 0.564. The second-order valence-corrected chi connectivity index (χ2v) is 7.49. The van der Waals surface area contributed by atoms with E-state index in [1.54, 1.807) is 0 Å². The van der Waals surface area contributed by atoms with Crippen LogP contribution in [0.1, 0.15) is 46.5 Å². The summed E-state index contributed by atoms with van der Waals surface area (Å²) in [7, 11) is 0. The fraction of sp³-hybridized carbons (Fsp3) is 0.941. The summed E-state index contributed by atoms with van der Waals surface area (Å²) in [5, 5.41) is 0. The Kier molecular flexibility index (Phi) is 6.06. The van der Waals surface area contributed by atoms with Gasteiger partial charge >= 0.3 is 5.97 Å². The van der Waals surface area contributed by atoms with Gasteiger partial charge in [-0.25, -0.2) is 0 Å². The maximum absolute atomic E-state index is 11.5. The number of piperazine rings is 1. The van der Waals surface area contributed by atoms with E-state index in [-0.39, 0.29) is 5.97 Å². The molecular weight excluding hydrogens is 264 g/mol. The Labute approximate surface area is 129 Å². The zero-order chi connectivity index (χ0) is 15.3. The molecule has 0 spiro atoms. The van der Waals surface area contributed by atoms with E-state index < -0.39 is 0 Å². The molecule has 0 aromatic carbocycles. The van der Waals surface area contributed by atoms with Crippen LogP contribution in [0.15, 0.2) is 0 Å². The van der Waals surface area contributed by atoms with E-state index >= 15 is 0 Å². The Morgan fingerprint density at radius 1 is 1.10 bits per heavy atom. The Bertz CT molecular complexity index is 326. The second-order valence-electron chi connectivity index (χ2n) is 7.49. The number of nitrogens with zero attached hydrogens (tertiary/aromatic N) is 2. The quantitative estimate of drug-likeness (QED) is 0.729. The molecule has 0 atom stereocenters. The minimum Gasteiger partial charge on any atom is -0.465 e. The molecule has 4 nitrogen and oxygen atoms in total. The number of hydrogen-bond donors (Lipinski definition) is 0. The first-order chi connectivity index (χ1) is 9.98. The summed E-state index contributed by atoms with van der Waals surface area (Å²) in [6.45, 7) is 13.0. The van der Waals surface area contributed by atoms with E-state index in [1.165, 1.54) is 32.2 Å². The van der Waals surface area contributed by atoms with Gasteiger partial charge in [-0.2, -0.15) is 0 Å². The molecule has 0 radical (unpaired) electrons. The highest BCUT2D eigenvalue weighted by Crippen LogP contribution is 2.38. The van der Waals surface area contributed by atoms with Crippen molar-refractivity contribution in [1.82, 2.24) is 9.80 Å². The van der Waals surface area contributed by atoms with Crippen molar-refractivity contribution in [3.8, 4) is 0 Å². The molecule has 1 saturated heterocycles. The molecule has 21 heavy (non-hydrogen) atoms. The minimum absolute atomic E-state index is 0.0829. The summed E-state index contributed by atoms with van der Waals surface area (Å²) in [6, 6.07) is 0.